The predicted molar refractivity (Wildman–Crippen MR) is 130 cm³/mol. The molecule has 1 N–H and O–H groups in total. The van der Waals surface area contributed by atoms with E-state index < -0.39 is 17.2 Å². The van der Waals surface area contributed by atoms with Crippen LogP contribution in [0.3, 0.4) is 0 Å². The van der Waals surface area contributed by atoms with E-state index in [0.29, 0.717) is 12.2 Å². The fourth-order valence-electron chi connectivity index (χ4n) is 4.17. The van der Waals surface area contributed by atoms with E-state index in [4.69, 9.17) is 0 Å². The molecule has 1 aliphatic rings. The van der Waals surface area contributed by atoms with Gasteiger partial charge in [-0.05, 0) is 37.6 Å². The Hall–Kier alpha value is -3.36. The number of hydrogen-bond donors (Lipinski definition) is 1. The summed E-state index contributed by atoms with van der Waals surface area (Å²) in [6, 6.07) is 17.9. The first-order chi connectivity index (χ1) is 16.5. The van der Waals surface area contributed by atoms with E-state index in [2.05, 4.69) is 44.5 Å². The molecule has 2 heterocycles. The Morgan fingerprint density at radius 1 is 1.00 bits per heavy atom. The van der Waals surface area contributed by atoms with Crippen LogP contribution in [-0.4, -0.2) is 64.8 Å². The van der Waals surface area contributed by atoms with Gasteiger partial charge in [-0.1, -0.05) is 42.5 Å². The summed E-state index contributed by atoms with van der Waals surface area (Å²) < 4.78 is 15.5. The quantitative estimate of drug-likeness (QED) is 0.520. The average Bonchev–Trinajstić information content (AvgIpc) is 2.84. The van der Waals surface area contributed by atoms with Gasteiger partial charge in [0.1, 0.15) is 11.5 Å². The third-order valence-corrected chi connectivity index (χ3v) is 6.05. The minimum Gasteiger partial charge on any atom is -0.350 e. The summed E-state index contributed by atoms with van der Waals surface area (Å²) in [6.07, 6.45) is 0.776. The highest BCUT2D eigenvalue weighted by Crippen LogP contribution is 2.13. The third kappa shape index (κ3) is 5.95. The first-order valence-corrected chi connectivity index (χ1v) is 11.6. The van der Waals surface area contributed by atoms with Crippen LogP contribution in [0, 0.1) is 12.7 Å². The van der Waals surface area contributed by atoms with Crippen LogP contribution in [0.4, 0.5) is 4.39 Å². The summed E-state index contributed by atoms with van der Waals surface area (Å²) in [5.41, 5.74) is 1.27. The molecule has 0 bridgehead atoms. The van der Waals surface area contributed by atoms with Gasteiger partial charge in [-0.3, -0.25) is 14.5 Å². The van der Waals surface area contributed by atoms with Crippen molar-refractivity contribution in [3.05, 3.63) is 93.7 Å². The van der Waals surface area contributed by atoms with Crippen LogP contribution < -0.4 is 10.7 Å². The molecule has 0 atom stereocenters. The lowest BCUT2D eigenvalue weighted by molar-refractivity contribution is 0.0939. The molecule has 1 aromatic heterocycles. The summed E-state index contributed by atoms with van der Waals surface area (Å²) in [6.45, 7) is 7.97. The molecule has 0 radical (unpaired) electrons. The molecule has 0 spiro atoms. The minimum atomic E-state index is -0.539. The largest absolute Gasteiger partial charge is 0.350 e. The molecule has 1 fully saturated rings. The van der Waals surface area contributed by atoms with Crippen molar-refractivity contribution in [2.24, 2.45) is 0 Å². The van der Waals surface area contributed by atoms with Crippen LogP contribution in [0.15, 0.2) is 65.5 Å². The fourth-order valence-corrected chi connectivity index (χ4v) is 4.17. The van der Waals surface area contributed by atoms with E-state index in [-0.39, 0.29) is 11.4 Å². The Labute approximate surface area is 198 Å². The maximum Gasteiger partial charge on any atom is 0.275 e. The van der Waals surface area contributed by atoms with Gasteiger partial charge in [0.15, 0.2) is 5.69 Å². The van der Waals surface area contributed by atoms with E-state index in [1.54, 1.807) is 25.1 Å². The van der Waals surface area contributed by atoms with Crippen LogP contribution in [0.1, 0.15) is 28.2 Å². The number of para-hydroxylation sites is 1. The van der Waals surface area contributed by atoms with Crippen LogP contribution in [-0.2, 0) is 6.54 Å². The van der Waals surface area contributed by atoms with E-state index in [9.17, 15) is 14.0 Å². The van der Waals surface area contributed by atoms with E-state index in [1.807, 2.05) is 6.07 Å². The van der Waals surface area contributed by atoms with Gasteiger partial charge in [-0.2, -0.15) is 5.10 Å². The van der Waals surface area contributed by atoms with E-state index >= 15 is 0 Å². The molecule has 7 nitrogen and oxygen atoms in total. The molecular formula is C26H30FN5O2. The van der Waals surface area contributed by atoms with Crippen LogP contribution in [0.5, 0.6) is 0 Å². The molecular weight excluding hydrogens is 433 g/mol. The summed E-state index contributed by atoms with van der Waals surface area (Å²) in [4.78, 5) is 29.8. The molecule has 178 valence electrons. The highest BCUT2D eigenvalue weighted by Gasteiger charge is 2.18. The van der Waals surface area contributed by atoms with Crippen molar-refractivity contribution in [2.75, 3.05) is 39.3 Å². The number of hydrogen-bond acceptors (Lipinski definition) is 5. The average molecular weight is 464 g/mol. The van der Waals surface area contributed by atoms with Crippen molar-refractivity contribution >= 4 is 5.91 Å². The Bertz CT molecular complexity index is 1170. The summed E-state index contributed by atoms with van der Waals surface area (Å²) in [5, 5.41) is 6.94. The standard InChI is InChI=1S/C26H30FN5O2/c1-20-18-24(33)25(29-32(20)23-11-6-5-10-22(23)27)26(34)28-12-7-13-30-14-16-31(17-15-30)19-21-8-3-2-4-9-21/h2-6,8-11,18H,7,12-17,19H2,1H3,(H,28,34). The number of amides is 1. The second kappa shape index (κ2) is 11.2. The van der Waals surface area contributed by atoms with E-state index in [1.165, 1.54) is 22.4 Å². The van der Waals surface area contributed by atoms with Crippen molar-refractivity contribution in [2.45, 2.75) is 19.9 Å². The fraction of sp³-hybridized carbons (Fsp3) is 0.346. The zero-order valence-electron chi connectivity index (χ0n) is 19.4. The molecule has 1 saturated heterocycles. The number of benzene rings is 2. The molecule has 0 aliphatic carbocycles. The number of aryl methyl sites for hydroxylation is 1. The number of aromatic nitrogens is 2. The lowest BCUT2D eigenvalue weighted by atomic mass is 10.2. The number of nitrogens with one attached hydrogen (secondary N) is 1. The number of piperazine rings is 1. The number of rotatable bonds is 8. The topological polar surface area (TPSA) is 70.5 Å². The normalized spacial score (nSPS) is 14.8. The van der Waals surface area contributed by atoms with Gasteiger partial charge in [0.25, 0.3) is 5.91 Å². The maximum atomic E-state index is 14.2. The second-order valence-corrected chi connectivity index (χ2v) is 8.57. The number of nitrogens with zero attached hydrogens (tertiary/aromatic N) is 4. The number of carbonyl (C=O) groups is 1. The Morgan fingerprint density at radius 3 is 2.41 bits per heavy atom. The summed E-state index contributed by atoms with van der Waals surface area (Å²) in [5.74, 6) is -1.01. The van der Waals surface area contributed by atoms with Crippen molar-refractivity contribution in [3.63, 3.8) is 0 Å². The highest BCUT2D eigenvalue weighted by atomic mass is 19.1. The predicted octanol–water partition coefficient (Wildman–Crippen LogP) is 2.62. The van der Waals surface area contributed by atoms with E-state index in [0.717, 1.165) is 45.7 Å². The second-order valence-electron chi connectivity index (χ2n) is 8.57. The van der Waals surface area contributed by atoms with Gasteiger partial charge < -0.3 is 10.2 Å². The molecule has 1 aliphatic heterocycles. The molecule has 3 aromatic rings. The Morgan fingerprint density at radius 2 is 1.68 bits per heavy atom. The van der Waals surface area contributed by atoms with Gasteiger partial charge >= 0.3 is 0 Å². The third-order valence-electron chi connectivity index (χ3n) is 6.05. The molecule has 0 unspecified atom stereocenters. The van der Waals surface area contributed by atoms with Gasteiger partial charge in [-0.25, -0.2) is 9.07 Å². The Kier molecular flexibility index (Phi) is 7.82. The molecule has 4 rings (SSSR count). The van der Waals surface area contributed by atoms with Gasteiger partial charge in [-0.15, -0.1) is 0 Å². The monoisotopic (exact) mass is 463 g/mol. The summed E-state index contributed by atoms with van der Waals surface area (Å²) >= 11 is 0. The summed E-state index contributed by atoms with van der Waals surface area (Å²) in [7, 11) is 0. The zero-order valence-corrected chi connectivity index (χ0v) is 19.4. The SMILES string of the molecule is Cc1cc(=O)c(C(=O)NCCCN2CCN(Cc3ccccc3)CC2)nn1-c1ccccc1F. The molecule has 8 heteroatoms. The minimum absolute atomic E-state index is 0.195. The number of halogens is 1. The van der Waals surface area contributed by atoms with Crippen molar-refractivity contribution in [1.82, 2.24) is 24.9 Å². The first-order valence-electron chi connectivity index (χ1n) is 11.6. The lowest BCUT2D eigenvalue weighted by Gasteiger charge is -2.34. The van der Waals surface area contributed by atoms with Gasteiger partial charge in [0.05, 0.1) is 0 Å². The molecule has 0 saturated carbocycles. The van der Waals surface area contributed by atoms with Crippen molar-refractivity contribution < 1.29 is 9.18 Å². The van der Waals surface area contributed by atoms with Crippen LogP contribution >= 0.6 is 0 Å². The van der Waals surface area contributed by atoms with Crippen LogP contribution in [0.25, 0.3) is 5.69 Å². The smallest absolute Gasteiger partial charge is 0.275 e. The lowest BCUT2D eigenvalue weighted by Crippen LogP contribution is -2.46. The van der Waals surface area contributed by atoms with Crippen LogP contribution in [0.2, 0.25) is 0 Å². The van der Waals surface area contributed by atoms with Gasteiger partial charge in [0.2, 0.25) is 5.43 Å². The van der Waals surface area contributed by atoms with Crippen molar-refractivity contribution in [1.29, 1.82) is 0 Å². The molecule has 1 amide bonds. The number of carbonyl (C=O) groups excluding carboxylic acids is 1. The molecule has 2 aromatic carbocycles. The maximum absolute atomic E-state index is 14.2. The zero-order chi connectivity index (χ0) is 23.9. The highest BCUT2D eigenvalue weighted by molar-refractivity contribution is 5.92. The molecule has 34 heavy (non-hydrogen) atoms. The first kappa shape index (κ1) is 23.8. The van der Waals surface area contributed by atoms with Crippen molar-refractivity contribution in [3.8, 4) is 5.69 Å². The van der Waals surface area contributed by atoms with Gasteiger partial charge in [0, 0.05) is 51.0 Å². The Balaban J connectivity index is 1.25.